The Labute approximate surface area is 111 Å². The number of ether oxygens (including phenoxy) is 2. The average Bonchev–Trinajstić information content (AvgIpc) is 2.47. The van der Waals surface area contributed by atoms with Crippen LogP contribution in [0.2, 0.25) is 0 Å². The molecule has 0 fully saturated rings. The van der Waals surface area contributed by atoms with Crippen molar-refractivity contribution in [3.63, 3.8) is 0 Å². The largest absolute Gasteiger partial charge is 0.481 e. The molecule has 19 heavy (non-hydrogen) atoms. The lowest BCUT2D eigenvalue weighted by Gasteiger charge is -2.09. The van der Waals surface area contributed by atoms with Crippen LogP contribution in [0, 0.1) is 0 Å². The van der Waals surface area contributed by atoms with Crippen LogP contribution in [0.15, 0.2) is 36.8 Å². The van der Waals surface area contributed by atoms with E-state index in [1.807, 2.05) is 6.07 Å². The smallest absolute Gasteiger partial charge is 0.339 e. The lowest BCUT2D eigenvalue weighted by atomic mass is 10.0. The molecular formula is C14H14N2O3. The summed E-state index contributed by atoms with van der Waals surface area (Å²) in [7, 11) is 1.50. The minimum atomic E-state index is -0.401. The lowest BCUT2D eigenvalue weighted by Crippen LogP contribution is -2.07. The third-order valence-electron chi connectivity index (χ3n) is 2.56. The number of nitrogens with zero attached hydrogens (tertiary/aromatic N) is 2. The second kappa shape index (κ2) is 5.95. The number of carbonyl (C=O) groups excluding carboxylic acids is 1. The summed E-state index contributed by atoms with van der Waals surface area (Å²) in [5.74, 6) is -0.0299. The van der Waals surface area contributed by atoms with Gasteiger partial charge in [0, 0.05) is 35.8 Å². The molecule has 0 aliphatic rings. The van der Waals surface area contributed by atoms with Gasteiger partial charge in [-0.1, -0.05) is 6.07 Å². The van der Waals surface area contributed by atoms with Crippen molar-refractivity contribution < 1.29 is 14.3 Å². The van der Waals surface area contributed by atoms with Crippen molar-refractivity contribution in [2.75, 3.05) is 13.7 Å². The normalized spacial score (nSPS) is 10.0. The van der Waals surface area contributed by atoms with Gasteiger partial charge in [0.15, 0.2) is 0 Å². The number of hydrogen-bond donors (Lipinski definition) is 0. The summed E-state index contributed by atoms with van der Waals surface area (Å²) in [5.41, 5.74) is 1.90. The average molecular weight is 258 g/mol. The SMILES string of the molecule is CCOC(=O)c1cc(OC)ncc1-c1cccnc1. The van der Waals surface area contributed by atoms with Crippen LogP contribution in [0.25, 0.3) is 11.1 Å². The van der Waals surface area contributed by atoms with Crippen LogP contribution in [0.4, 0.5) is 0 Å². The molecule has 2 aromatic heterocycles. The van der Waals surface area contributed by atoms with Crippen molar-refractivity contribution in [3.05, 3.63) is 42.4 Å². The molecule has 0 saturated heterocycles. The Bertz CT molecular complexity index is 570. The summed E-state index contributed by atoms with van der Waals surface area (Å²) in [5, 5.41) is 0. The van der Waals surface area contributed by atoms with E-state index in [4.69, 9.17) is 9.47 Å². The Morgan fingerprint density at radius 2 is 2.21 bits per heavy atom. The summed E-state index contributed by atoms with van der Waals surface area (Å²) in [6.45, 7) is 2.08. The maximum atomic E-state index is 12.0. The summed E-state index contributed by atoms with van der Waals surface area (Å²) in [4.78, 5) is 20.1. The molecular weight excluding hydrogens is 244 g/mol. The topological polar surface area (TPSA) is 61.3 Å². The fourth-order valence-corrected chi connectivity index (χ4v) is 1.68. The van der Waals surface area contributed by atoms with Gasteiger partial charge in [-0.25, -0.2) is 9.78 Å². The monoisotopic (exact) mass is 258 g/mol. The lowest BCUT2D eigenvalue weighted by molar-refractivity contribution is 0.0526. The molecule has 5 nitrogen and oxygen atoms in total. The number of aromatic nitrogens is 2. The predicted octanol–water partition coefficient (Wildman–Crippen LogP) is 2.33. The molecule has 2 rings (SSSR count). The molecule has 0 aliphatic heterocycles. The summed E-state index contributed by atoms with van der Waals surface area (Å²) >= 11 is 0. The van der Waals surface area contributed by atoms with Crippen LogP contribution in [-0.2, 0) is 4.74 Å². The van der Waals surface area contributed by atoms with Crippen molar-refractivity contribution in [2.45, 2.75) is 6.92 Å². The number of hydrogen-bond acceptors (Lipinski definition) is 5. The van der Waals surface area contributed by atoms with E-state index in [1.165, 1.54) is 7.11 Å². The van der Waals surface area contributed by atoms with Crippen molar-refractivity contribution in [1.29, 1.82) is 0 Å². The summed E-state index contributed by atoms with van der Waals surface area (Å²) in [6, 6.07) is 5.23. The molecule has 0 N–H and O–H groups in total. The first-order valence-corrected chi connectivity index (χ1v) is 5.87. The third kappa shape index (κ3) is 2.88. The molecule has 98 valence electrons. The first-order valence-electron chi connectivity index (χ1n) is 5.87. The van der Waals surface area contributed by atoms with Crippen LogP contribution in [0.3, 0.4) is 0 Å². The fraction of sp³-hybridized carbons (Fsp3) is 0.214. The molecule has 0 aromatic carbocycles. The number of rotatable bonds is 4. The first kappa shape index (κ1) is 13.0. The second-order valence-electron chi connectivity index (χ2n) is 3.73. The molecule has 0 bridgehead atoms. The highest BCUT2D eigenvalue weighted by Crippen LogP contribution is 2.25. The van der Waals surface area contributed by atoms with Gasteiger partial charge >= 0.3 is 5.97 Å². The zero-order valence-electron chi connectivity index (χ0n) is 10.8. The molecule has 2 aromatic rings. The molecule has 5 heteroatoms. The van der Waals surface area contributed by atoms with Crippen molar-refractivity contribution in [1.82, 2.24) is 9.97 Å². The minimum absolute atomic E-state index is 0.315. The van der Waals surface area contributed by atoms with Gasteiger partial charge in [0.2, 0.25) is 5.88 Å². The molecule has 0 unspecified atom stereocenters. The van der Waals surface area contributed by atoms with E-state index in [1.54, 1.807) is 37.6 Å². The highest BCUT2D eigenvalue weighted by Gasteiger charge is 2.16. The van der Waals surface area contributed by atoms with E-state index in [2.05, 4.69) is 9.97 Å². The second-order valence-corrected chi connectivity index (χ2v) is 3.73. The Balaban J connectivity index is 2.51. The van der Waals surface area contributed by atoms with E-state index in [0.29, 0.717) is 23.6 Å². The van der Waals surface area contributed by atoms with Crippen LogP contribution in [-0.4, -0.2) is 29.7 Å². The quantitative estimate of drug-likeness (QED) is 0.788. The molecule has 0 radical (unpaired) electrons. The van der Waals surface area contributed by atoms with Gasteiger partial charge in [-0.3, -0.25) is 4.98 Å². The Hall–Kier alpha value is -2.43. The first-order chi connectivity index (χ1) is 9.26. The summed E-state index contributed by atoms with van der Waals surface area (Å²) < 4.78 is 10.1. The van der Waals surface area contributed by atoms with Crippen LogP contribution >= 0.6 is 0 Å². The van der Waals surface area contributed by atoms with Gasteiger partial charge in [0.05, 0.1) is 19.3 Å². The van der Waals surface area contributed by atoms with Crippen LogP contribution < -0.4 is 4.74 Å². The molecule has 0 atom stereocenters. The number of carbonyl (C=O) groups is 1. The van der Waals surface area contributed by atoms with Crippen LogP contribution in [0.1, 0.15) is 17.3 Å². The fourth-order valence-electron chi connectivity index (χ4n) is 1.68. The van der Waals surface area contributed by atoms with E-state index >= 15 is 0 Å². The molecule has 0 aliphatic carbocycles. The van der Waals surface area contributed by atoms with Gasteiger partial charge < -0.3 is 9.47 Å². The molecule has 0 saturated carbocycles. The molecule has 0 amide bonds. The highest BCUT2D eigenvalue weighted by molar-refractivity contribution is 5.97. The minimum Gasteiger partial charge on any atom is -0.481 e. The van der Waals surface area contributed by atoms with E-state index in [9.17, 15) is 4.79 Å². The van der Waals surface area contributed by atoms with E-state index < -0.39 is 5.97 Å². The van der Waals surface area contributed by atoms with Gasteiger partial charge in [-0.2, -0.15) is 0 Å². The number of pyridine rings is 2. The van der Waals surface area contributed by atoms with Gasteiger partial charge in [-0.05, 0) is 13.0 Å². The highest BCUT2D eigenvalue weighted by atomic mass is 16.5. The Morgan fingerprint density at radius 1 is 1.37 bits per heavy atom. The Morgan fingerprint density at radius 3 is 2.84 bits per heavy atom. The maximum absolute atomic E-state index is 12.0. The van der Waals surface area contributed by atoms with Gasteiger partial charge in [-0.15, -0.1) is 0 Å². The van der Waals surface area contributed by atoms with Gasteiger partial charge in [0.25, 0.3) is 0 Å². The third-order valence-corrected chi connectivity index (χ3v) is 2.56. The van der Waals surface area contributed by atoms with Crippen molar-refractivity contribution >= 4 is 5.97 Å². The zero-order valence-corrected chi connectivity index (χ0v) is 10.8. The van der Waals surface area contributed by atoms with E-state index in [-0.39, 0.29) is 0 Å². The molecule has 0 spiro atoms. The maximum Gasteiger partial charge on any atom is 0.339 e. The summed E-state index contributed by atoms with van der Waals surface area (Å²) in [6.07, 6.45) is 4.93. The zero-order chi connectivity index (χ0) is 13.7. The number of esters is 1. The standard InChI is InChI=1S/C14H14N2O3/c1-3-19-14(17)11-7-13(18-2)16-9-12(11)10-5-4-6-15-8-10/h4-9H,3H2,1-2H3. The predicted molar refractivity (Wildman–Crippen MR) is 70.0 cm³/mol. The van der Waals surface area contributed by atoms with Crippen molar-refractivity contribution in [2.24, 2.45) is 0 Å². The Kier molecular flexibility index (Phi) is 4.07. The van der Waals surface area contributed by atoms with Crippen LogP contribution in [0.5, 0.6) is 5.88 Å². The van der Waals surface area contributed by atoms with E-state index in [0.717, 1.165) is 5.56 Å². The van der Waals surface area contributed by atoms with Crippen molar-refractivity contribution in [3.8, 4) is 17.0 Å². The number of methoxy groups -OCH3 is 1. The van der Waals surface area contributed by atoms with Gasteiger partial charge in [0.1, 0.15) is 0 Å². The molecule has 2 heterocycles.